The van der Waals surface area contributed by atoms with E-state index in [1.807, 2.05) is 13.8 Å². The van der Waals surface area contributed by atoms with Crippen molar-refractivity contribution in [1.29, 1.82) is 0 Å². The van der Waals surface area contributed by atoms with Gasteiger partial charge in [-0.1, -0.05) is 13.8 Å². The Hall–Kier alpha value is -0.940. The highest BCUT2D eigenvalue weighted by Crippen LogP contribution is 2.19. The van der Waals surface area contributed by atoms with Gasteiger partial charge in [-0.25, -0.2) is 4.79 Å². The summed E-state index contributed by atoms with van der Waals surface area (Å²) >= 11 is 0. The Bertz CT molecular complexity index is 278. The highest BCUT2D eigenvalue weighted by molar-refractivity contribution is 6.34. The first-order valence-corrected chi connectivity index (χ1v) is 5.70. The summed E-state index contributed by atoms with van der Waals surface area (Å²) in [6.45, 7) is 3.93. The van der Waals surface area contributed by atoms with Crippen molar-refractivity contribution in [2.45, 2.75) is 51.2 Å². The molecule has 0 spiro atoms. The maximum atomic E-state index is 11.5. The average Bonchev–Trinajstić information content (AvgIpc) is 2.20. The summed E-state index contributed by atoms with van der Waals surface area (Å²) in [6.07, 6.45) is 2.39. The lowest BCUT2D eigenvalue weighted by Gasteiger charge is -2.37. The van der Waals surface area contributed by atoms with E-state index in [-0.39, 0.29) is 18.0 Å². The van der Waals surface area contributed by atoms with Crippen LogP contribution in [0.5, 0.6) is 0 Å². The number of aliphatic carboxylic acids is 1. The first kappa shape index (κ1) is 13.1. The molecule has 1 rings (SSSR count). The molecule has 0 heterocycles. The van der Waals surface area contributed by atoms with Gasteiger partial charge in [0.25, 0.3) is 5.78 Å². The molecule has 0 aromatic heterocycles. The molecule has 0 bridgehead atoms. The van der Waals surface area contributed by atoms with Crippen molar-refractivity contribution in [3.05, 3.63) is 0 Å². The van der Waals surface area contributed by atoms with Gasteiger partial charge in [-0.3, -0.25) is 4.79 Å². The number of carbonyl (C=O) groups excluding carboxylic acids is 1. The minimum Gasteiger partial charge on any atom is -0.475 e. The fourth-order valence-electron chi connectivity index (χ4n) is 1.86. The van der Waals surface area contributed by atoms with E-state index < -0.39 is 17.8 Å². The molecule has 1 aliphatic carbocycles. The summed E-state index contributed by atoms with van der Waals surface area (Å²) in [4.78, 5) is 22.1. The SMILES string of the molecule is CC(C)C[C@H](NC1CCC1N)C(=O)C(=O)O. The van der Waals surface area contributed by atoms with E-state index in [4.69, 9.17) is 10.8 Å². The van der Waals surface area contributed by atoms with Gasteiger partial charge in [0.05, 0.1) is 6.04 Å². The lowest BCUT2D eigenvalue weighted by molar-refractivity contribution is -0.150. The monoisotopic (exact) mass is 228 g/mol. The molecule has 16 heavy (non-hydrogen) atoms. The van der Waals surface area contributed by atoms with Gasteiger partial charge in [-0.15, -0.1) is 0 Å². The van der Waals surface area contributed by atoms with Gasteiger partial charge in [0.1, 0.15) is 0 Å². The number of Topliss-reactive ketones (excluding diaryl/α,β-unsaturated/α-hetero) is 1. The largest absolute Gasteiger partial charge is 0.475 e. The van der Waals surface area contributed by atoms with Gasteiger partial charge >= 0.3 is 5.97 Å². The van der Waals surface area contributed by atoms with Crippen molar-refractivity contribution >= 4 is 11.8 Å². The molecule has 0 saturated heterocycles. The summed E-state index contributed by atoms with van der Waals surface area (Å²) in [6, 6.07) is -0.461. The first-order chi connectivity index (χ1) is 7.41. The highest BCUT2D eigenvalue weighted by Gasteiger charge is 2.33. The second-order valence-electron chi connectivity index (χ2n) is 4.87. The van der Waals surface area contributed by atoms with Crippen LogP contribution in [0.15, 0.2) is 0 Å². The van der Waals surface area contributed by atoms with Crippen molar-refractivity contribution in [3.63, 3.8) is 0 Å². The van der Waals surface area contributed by atoms with Crippen LogP contribution in [-0.2, 0) is 9.59 Å². The maximum Gasteiger partial charge on any atom is 0.373 e. The van der Waals surface area contributed by atoms with Crippen molar-refractivity contribution in [3.8, 4) is 0 Å². The molecule has 3 atom stereocenters. The Kier molecular flexibility index (Phi) is 4.44. The summed E-state index contributed by atoms with van der Waals surface area (Å²) in [5.41, 5.74) is 5.76. The number of carboxylic acid groups (broad SMARTS) is 1. The van der Waals surface area contributed by atoms with Crippen LogP contribution < -0.4 is 11.1 Å². The Balaban J connectivity index is 2.56. The number of carboxylic acids is 1. The quantitative estimate of drug-likeness (QED) is 0.562. The van der Waals surface area contributed by atoms with E-state index in [0.717, 1.165) is 12.8 Å². The molecule has 4 N–H and O–H groups in total. The second kappa shape index (κ2) is 5.41. The van der Waals surface area contributed by atoms with Crippen LogP contribution >= 0.6 is 0 Å². The van der Waals surface area contributed by atoms with Crippen LogP contribution in [0.1, 0.15) is 33.1 Å². The van der Waals surface area contributed by atoms with E-state index in [1.165, 1.54) is 0 Å². The van der Waals surface area contributed by atoms with Crippen LogP contribution in [-0.4, -0.2) is 35.0 Å². The van der Waals surface area contributed by atoms with Crippen LogP contribution in [0.4, 0.5) is 0 Å². The molecule has 5 heteroatoms. The lowest BCUT2D eigenvalue weighted by Crippen LogP contribution is -2.58. The van der Waals surface area contributed by atoms with Gasteiger partial charge in [0.15, 0.2) is 0 Å². The van der Waals surface area contributed by atoms with E-state index in [0.29, 0.717) is 6.42 Å². The number of ketones is 1. The lowest BCUT2D eigenvalue weighted by atomic mass is 9.85. The predicted octanol–water partition coefficient (Wildman–Crippen LogP) is 0.134. The molecule has 1 fully saturated rings. The van der Waals surface area contributed by atoms with Crippen LogP contribution in [0.25, 0.3) is 0 Å². The fraction of sp³-hybridized carbons (Fsp3) is 0.818. The second-order valence-corrected chi connectivity index (χ2v) is 4.87. The molecule has 0 aromatic carbocycles. The van der Waals surface area contributed by atoms with E-state index in [9.17, 15) is 9.59 Å². The molecule has 2 unspecified atom stereocenters. The van der Waals surface area contributed by atoms with Crippen LogP contribution in [0.3, 0.4) is 0 Å². The minimum atomic E-state index is -1.37. The van der Waals surface area contributed by atoms with Gasteiger partial charge in [0, 0.05) is 12.1 Å². The molecule has 5 nitrogen and oxygen atoms in total. The molecule has 0 aliphatic heterocycles. The maximum absolute atomic E-state index is 11.5. The third-order valence-electron chi connectivity index (χ3n) is 2.98. The van der Waals surface area contributed by atoms with Crippen LogP contribution in [0, 0.1) is 5.92 Å². The highest BCUT2D eigenvalue weighted by atomic mass is 16.4. The van der Waals surface area contributed by atoms with Gasteiger partial charge < -0.3 is 16.2 Å². The van der Waals surface area contributed by atoms with E-state index >= 15 is 0 Å². The number of nitrogens with one attached hydrogen (secondary N) is 1. The standard InChI is InChI=1S/C11H20N2O3/c1-6(2)5-9(10(14)11(15)16)13-8-4-3-7(8)12/h6-9,13H,3-5,12H2,1-2H3,(H,15,16)/t7?,8?,9-/m0/s1. The third kappa shape index (κ3) is 3.28. The molecule has 92 valence electrons. The average molecular weight is 228 g/mol. The zero-order valence-electron chi connectivity index (χ0n) is 9.77. The molecular weight excluding hydrogens is 208 g/mol. The number of nitrogens with two attached hydrogens (primary N) is 1. The topological polar surface area (TPSA) is 92.4 Å². The van der Waals surface area contributed by atoms with Gasteiger partial charge in [-0.05, 0) is 25.2 Å². The zero-order chi connectivity index (χ0) is 12.3. The fourth-order valence-corrected chi connectivity index (χ4v) is 1.86. The third-order valence-corrected chi connectivity index (χ3v) is 2.98. The molecular formula is C11H20N2O3. The number of hydrogen-bond donors (Lipinski definition) is 3. The minimum absolute atomic E-state index is 0.0521. The molecule has 0 amide bonds. The summed E-state index contributed by atoms with van der Waals surface area (Å²) in [7, 11) is 0. The predicted molar refractivity (Wildman–Crippen MR) is 60.0 cm³/mol. The molecule has 0 aromatic rings. The first-order valence-electron chi connectivity index (χ1n) is 5.70. The van der Waals surface area contributed by atoms with Crippen molar-refractivity contribution in [2.75, 3.05) is 0 Å². The van der Waals surface area contributed by atoms with Crippen molar-refractivity contribution in [2.24, 2.45) is 11.7 Å². The normalized spacial score (nSPS) is 26.2. The Morgan fingerprint density at radius 1 is 1.44 bits per heavy atom. The van der Waals surface area contributed by atoms with Gasteiger partial charge in [0.2, 0.25) is 0 Å². The van der Waals surface area contributed by atoms with Gasteiger partial charge in [-0.2, -0.15) is 0 Å². The van der Waals surface area contributed by atoms with Crippen molar-refractivity contribution < 1.29 is 14.7 Å². The van der Waals surface area contributed by atoms with Crippen molar-refractivity contribution in [1.82, 2.24) is 5.32 Å². The van der Waals surface area contributed by atoms with E-state index in [2.05, 4.69) is 5.32 Å². The zero-order valence-corrected chi connectivity index (χ0v) is 9.77. The summed E-state index contributed by atoms with van der Waals surface area (Å²) in [5.74, 6) is -1.85. The summed E-state index contributed by atoms with van der Waals surface area (Å²) < 4.78 is 0. The number of rotatable bonds is 6. The Labute approximate surface area is 95.4 Å². The number of carbonyl (C=O) groups is 2. The molecule has 1 saturated carbocycles. The smallest absolute Gasteiger partial charge is 0.373 e. The molecule has 0 radical (unpaired) electrons. The summed E-state index contributed by atoms with van der Waals surface area (Å²) in [5, 5.41) is 11.8. The Morgan fingerprint density at radius 2 is 2.06 bits per heavy atom. The number of hydrogen-bond acceptors (Lipinski definition) is 4. The van der Waals surface area contributed by atoms with Crippen LogP contribution in [0.2, 0.25) is 0 Å². The molecule has 1 aliphatic rings. The van der Waals surface area contributed by atoms with E-state index in [1.54, 1.807) is 0 Å². The Morgan fingerprint density at radius 3 is 2.38 bits per heavy atom.